The number of hydrogen-bond donors (Lipinski definition) is 1. The van der Waals surface area contributed by atoms with Crippen LogP contribution in [-0.2, 0) is 4.79 Å². The standard InChI is InChI=1S/C24H21N3O4/c1-16-6-5-7-19(14-16)30-15-22(28)25-21-9-4-3-8-20(21)24-26-23(27-31-24)17-10-12-18(29-2)13-11-17/h3-14H,15H2,1-2H3,(H,25,28). The van der Waals surface area contributed by atoms with Gasteiger partial charge in [0.25, 0.3) is 11.8 Å². The monoisotopic (exact) mass is 415 g/mol. The molecule has 0 aliphatic heterocycles. The molecule has 3 aromatic carbocycles. The van der Waals surface area contributed by atoms with Gasteiger partial charge in [-0.2, -0.15) is 4.98 Å². The molecule has 1 aromatic heterocycles. The maximum atomic E-state index is 12.4. The van der Waals surface area contributed by atoms with E-state index in [1.807, 2.05) is 73.7 Å². The topological polar surface area (TPSA) is 86.5 Å². The third kappa shape index (κ3) is 4.90. The van der Waals surface area contributed by atoms with Crippen LogP contribution in [0.15, 0.2) is 77.3 Å². The van der Waals surface area contributed by atoms with Crippen LogP contribution in [0.2, 0.25) is 0 Å². The Balaban J connectivity index is 1.48. The second kappa shape index (κ2) is 9.13. The number of anilines is 1. The quantitative estimate of drug-likeness (QED) is 0.469. The van der Waals surface area contributed by atoms with Crippen molar-refractivity contribution in [2.45, 2.75) is 6.92 Å². The van der Waals surface area contributed by atoms with Gasteiger partial charge >= 0.3 is 0 Å². The van der Waals surface area contributed by atoms with E-state index in [2.05, 4.69) is 15.5 Å². The van der Waals surface area contributed by atoms with Gasteiger partial charge in [-0.25, -0.2) is 0 Å². The van der Waals surface area contributed by atoms with Gasteiger partial charge in [0.2, 0.25) is 5.82 Å². The lowest BCUT2D eigenvalue weighted by Gasteiger charge is -2.10. The minimum Gasteiger partial charge on any atom is -0.497 e. The second-order valence-corrected chi connectivity index (χ2v) is 6.85. The van der Waals surface area contributed by atoms with Crippen LogP contribution in [0.3, 0.4) is 0 Å². The number of aryl methyl sites for hydroxylation is 1. The molecule has 7 nitrogen and oxygen atoms in total. The van der Waals surface area contributed by atoms with Crippen LogP contribution >= 0.6 is 0 Å². The molecule has 0 fully saturated rings. The number of carbonyl (C=O) groups is 1. The van der Waals surface area contributed by atoms with Gasteiger partial charge in [0, 0.05) is 5.56 Å². The van der Waals surface area contributed by atoms with Crippen molar-refractivity contribution in [1.82, 2.24) is 10.1 Å². The van der Waals surface area contributed by atoms with E-state index in [4.69, 9.17) is 14.0 Å². The number of benzene rings is 3. The zero-order valence-corrected chi connectivity index (χ0v) is 17.2. The fourth-order valence-corrected chi connectivity index (χ4v) is 3.01. The molecule has 1 heterocycles. The van der Waals surface area contributed by atoms with Crippen molar-refractivity contribution in [1.29, 1.82) is 0 Å². The Morgan fingerprint density at radius 3 is 2.58 bits per heavy atom. The Bertz CT molecular complexity index is 1190. The van der Waals surface area contributed by atoms with Crippen molar-refractivity contribution in [2.24, 2.45) is 0 Å². The Kier molecular flexibility index (Phi) is 5.93. The minimum absolute atomic E-state index is 0.112. The SMILES string of the molecule is COc1ccc(-c2noc(-c3ccccc3NC(=O)COc3cccc(C)c3)n2)cc1. The first-order valence-electron chi connectivity index (χ1n) is 9.69. The highest BCUT2D eigenvalue weighted by Gasteiger charge is 2.16. The van der Waals surface area contributed by atoms with Crippen molar-refractivity contribution in [3.63, 3.8) is 0 Å². The van der Waals surface area contributed by atoms with E-state index in [1.54, 1.807) is 13.2 Å². The highest BCUT2D eigenvalue weighted by molar-refractivity contribution is 5.95. The van der Waals surface area contributed by atoms with Crippen LogP contribution in [0.25, 0.3) is 22.8 Å². The fraction of sp³-hybridized carbons (Fsp3) is 0.125. The van der Waals surface area contributed by atoms with Gasteiger partial charge in [0.05, 0.1) is 18.4 Å². The number of methoxy groups -OCH3 is 1. The molecule has 0 saturated carbocycles. The summed E-state index contributed by atoms with van der Waals surface area (Å²) in [7, 11) is 1.61. The molecule has 0 unspecified atom stereocenters. The highest BCUT2D eigenvalue weighted by atomic mass is 16.5. The molecule has 0 radical (unpaired) electrons. The summed E-state index contributed by atoms with van der Waals surface area (Å²) < 4.78 is 16.2. The maximum absolute atomic E-state index is 12.4. The van der Waals surface area contributed by atoms with E-state index < -0.39 is 0 Å². The number of para-hydroxylation sites is 1. The van der Waals surface area contributed by atoms with Crippen molar-refractivity contribution in [3.05, 3.63) is 78.4 Å². The molecule has 156 valence electrons. The molecule has 4 aromatic rings. The van der Waals surface area contributed by atoms with Crippen LogP contribution in [0.4, 0.5) is 5.69 Å². The summed E-state index contributed by atoms with van der Waals surface area (Å²) in [6.07, 6.45) is 0. The molecule has 0 aliphatic carbocycles. The zero-order chi connectivity index (χ0) is 21.6. The van der Waals surface area contributed by atoms with E-state index in [0.717, 1.165) is 16.9 Å². The van der Waals surface area contributed by atoms with Crippen LogP contribution in [0, 0.1) is 6.92 Å². The lowest BCUT2D eigenvalue weighted by molar-refractivity contribution is -0.118. The van der Waals surface area contributed by atoms with E-state index in [1.165, 1.54) is 0 Å². The number of rotatable bonds is 7. The summed E-state index contributed by atoms with van der Waals surface area (Å²) in [6, 6.07) is 22.1. The number of aromatic nitrogens is 2. The molecule has 7 heteroatoms. The Morgan fingerprint density at radius 1 is 1.00 bits per heavy atom. The lowest BCUT2D eigenvalue weighted by Crippen LogP contribution is -2.20. The number of nitrogens with one attached hydrogen (secondary N) is 1. The van der Waals surface area contributed by atoms with Crippen molar-refractivity contribution >= 4 is 11.6 Å². The van der Waals surface area contributed by atoms with Gasteiger partial charge in [-0.1, -0.05) is 29.4 Å². The third-order valence-corrected chi connectivity index (χ3v) is 4.57. The molecule has 0 bridgehead atoms. The molecular weight excluding hydrogens is 394 g/mol. The first kappa shape index (κ1) is 20.2. The van der Waals surface area contributed by atoms with Crippen LogP contribution in [0.1, 0.15) is 5.56 Å². The molecule has 4 rings (SSSR count). The van der Waals surface area contributed by atoms with E-state index >= 15 is 0 Å². The minimum atomic E-state index is -0.288. The molecule has 1 N–H and O–H groups in total. The first-order chi connectivity index (χ1) is 15.1. The summed E-state index contributed by atoms with van der Waals surface area (Å²) >= 11 is 0. The largest absolute Gasteiger partial charge is 0.497 e. The molecule has 0 saturated heterocycles. The lowest BCUT2D eigenvalue weighted by atomic mass is 10.1. The van der Waals surface area contributed by atoms with E-state index in [-0.39, 0.29) is 12.5 Å². The smallest absolute Gasteiger partial charge is 0.262 e. The van der Waals surface area contributed by atoms with Gasteiger partial charge < -0.3 is 19.3 Å². The van der Waals surface area contributed by atoms with Crippen molar-refractivity contribution in [3.8, 4) is 34.3 Å². The fourth-order valence-electron chi connectivity index (χ4n) is 3.01. The predicted molar refractivity (Wildman–Crippen MR) is 117 cm³/mol. The van der Waals surface area contributed by atoms with Crippen LogP contribution in [0.5, 0.6) is 11.5 Å². The van der Waals surface area contributed by atoms with Gasteiger partial charge in [0.15, 0.2) is 6.61 Å². The number of amides is 1. The Morgan fingerprint density at radius 2 is 1.81 bits per heavy atom. The van der Waals surface area contributed by atoms with Crippen LogP contribution < -0.4 is 14.8 Å². The number of nitrogens with zero attached hydrogens (tertiary/aromatic N) is 2. The average Bonchev–Trinajstić information content (AvgIpc) is 3.28. The summed E-state index contributed by atoms with van der Waals surface area (Å²) in [5.41, 5.74) is 3.04. The molecule has 0 atom stereocenters. The van der Waals surface area contributed by atoms with E-state index in [9.17, 15) is 4.79 Å². The van der Waals surface area contributed by atoms with Gasteiger partial charge in [0.1, 0.15) is 11.5 Å². The van der Waals surface area contributed by atoms with E-state index in [0.29, 0.717) is 28.7 Å². The normalized spacial score (nSPS) is 10.5. The third-order valence-electron chi connectivity index (χ3n) is 4.57. The number of carbonyl (C=O) groups excluding carboxylic acids is 1. The van der Waals surface area contributed by atoms with Gasteiger partial charge in [-0.15, -0.1) is 0 Å². The molecule has 0 spiro atoms. The Labute approximate surface area is 179 Å². The summed E-state index contributed by atoms with van der Waals surface area (Å²) in [5.74, 6) is 1.85. The van der Waals surface area contributed by atoms with Crippen molar-refractivity contribution in [2.75, 3.05) is 19.0 Å². The second-order valence-electron chi connectivity index (χ2n) is 6.85. The molecule has 0 aliphatic rings. The summed E-state index contributed by atoms with van der Waals surface area (Å²) in [4.78, 5) is 16.9. The molecule has 31 heavy (non-hydrogen) atoms. The molecular formula is C24H21N3O4. The van der Waals surface area contributed by atoms with Crippen LogP contribution in [-0.4, -0.2) is 29.8 Å². The summed E-state index contributed by atoms with van der Waals surface area (Å²) in [5, 5.41) is 6.91. The number of hydrogen-bond acceptors (Lipinski definition) is 6. The average molecular weight is 415 g/mol. The van der Waals surface area contributed by atoms with Gasteiger partial charge in [-0.3, -0.25) is 4.79 Å². The molecule has 1 amide bonds. The maximum Gasteiger partial charge on any atom is 0.262 e. The Hall–Kier alpha value is -4.13. The predicted octanol–water partition coefficient (Wildman–Crippen LogP) is 4.74. The first-order valence-corrected chi connectivity index (χ1v) is 9.69. The highest BCUT2D eigenvalue weighted by Crippen LogP contribution is 2.29. The summed E-state index contributed by atoms with van der Waals surface area (Å²) in [6.45, 7) is 1.85. The zero-order valence-electron chi connectivity index (χ0n) is 17.2. The van der Waals surface area contributed by atoms with Gasteiger partial charge in [-0.05, 0) is 61.0 Å². The van der Waals surface area contributed by atoms with Crippen molar-refractivity contribution < 1.29 is 18.8 Å². The number of ether oxygens (including phenoxy) is 2.